The van der Waals surface area contributed by atoms with Gasteiger partial charge in [-0.15, -0.1) is 0 Å². The van der Waals surface area contributed by atoms with E-state index in [2.05, 4.69) is 20.8 Å². The van der Waals surface area contributed by atoms with Crippen molar-refractivity contribution in [1.29, 1.82) is 0 Å². The maximum Gasteiger partial charge on any atom is -0.0358 e. The SMILES string of the molecule is CCC(CC)C1CC1C. The minimum atomic E-state index is 1.04. The van der Waals surface area contributed by atoms with Crippen molar-refractivity contribution in [3.63, 3.8) is 0 Å². The van der Waals surface area contributed by atoms with Crippen molar-refractivity contribution < 1.29 is 0 Å². The Bertz CT molecular complexity index is 82.0. The third-order valence-electron chi connectivity index (χ3n) is 2.83. The minimum Gasteiger partial charge on any atom is -0.0651 e. The van der Waals surface area contributed by atoms with Gasteiger partial charge in [0.1, 0.15) is 0 Å². The lowest BCUT2D eigenvalue weighted by Gasteiger charge is -2.09. The van der Waals surface area contributed by atoms with Crippen LogP contribution in [0.5, 0.6) is 0 Å². The van der Waals surface area contributed by atoms with Crippen LogP contribution < -0.4 is 0 Å². The van der Waals surface area contributed by atoms with Gasteiger partial charge in [0.25, 0.3) is 0 Å². The third-order valence-corrected chi connectivity index (χ3v) is 2.83. The Balaban J connectivity index is 2.23. The molecule has 0 heterocycles. The summed E-state index contributed by atoms with van der Waals surface area (Å²) < 4.78 is 0. The predicted octanol–water partition coefficient (Wildman–Crippen LogP) is 3.08. The molecule has 0 aromatic rings. The van der Waals surface area contributed by atoms with Crippen LogP contribution in [0.25, 0.3) is 0 Å². The highest BCUT2D eigenvalue weighted by molar-refractivity contribution is 4.86. The Morgan fingerprint density at radius 2 is 1.78 bits per heavy atom. The fraction of sp³-hybridized carbons (Fsp3) is 1.00. The number of hydrogen-bond acceptors (Lipinski definition) is 0. The standard InChI is InChI=1S/C9H18/c1-4-8(5-2)9-6-7(9)3/h7-9H,4-6H2,1-3H3. The summed E-state index contributed by atoms with van der Waals surface area (Å²) in [4.78, 5) is 0. The van der Waals surface area contributed by atoms with Gasteiger partial charge in [-0.2, -0.15) is 0 Å². The fourth-order valence-electron chi connectivity index (χ4n) is 1.90. The molecule has 0 aromatic heterocycles. The summed E-state index contributed by atoms with van der Waals surface area (Å²) in [7, 11) is 0. The van der Waals surface area contributed by atoms with Crippen molar-refractivity contribution in [2.75, 3.05) is 0 Å². The van der Waals surface area contributed by atoms with Crippen molar-refractivity contribution in [2.24, 2.45) is 17.8 Å². The topological polar surface area (TPSA) is 0 Å². The molecule has 1 aliphatic carbocycles. The molecular formula is C9H18. The largest absolute Gasteiger partial charge is 0.0651 e. The van der Waals surface area contributed by atoms with Crippen LogP contribution in [-0.4, -0.2) is 0 Å². The van der Waals surface area contributed by atoms with E-state index in [0.717, 1.165) is 17.8 Å². The molecule has 0 aliphatic heterocycles. The van der Waals surface area contributed by atoms with E-state index in [1.54, 1.807) is 0 Å². The van der Waals surface area contributed by atoms with Gasteiger partial charge in [-0.25, -0.2) is 0 Å². The van der Waals surface area contributed by atoms with Gasteiger partial charge >= 0.3 is 0 Å². The lowest BCUT2D eigenvalue weighted by atomic mass is 9.97. The maximum atomic E-state index is 2.38. The molecule has 1 aliphatic rings. The summed E-state index contributed by atoms with van der Waals surface area (Å²) in [5.74, 6) is 3.19. The third kappa shape index (κ3) is 1.47. The average Bonchev–Trinajstić information content (AvgIpc) is 2.51. The molecule has 0 nitrogen and oxygen atoms in total. The molecule has 54 valence electrons. The molecule has 2 unspecified atom stereocenters. The summed E-state index contributed by atoms with van der Waals surface area (Å²) in [6.45, 7) is 7.02. The summed E-state index contributed by atoms with van der Waals surface area (Å²) in [6.07, 6.45) is 4.30. The van der Waals surface area contributed by atoms with Crippen molar-refractivity contribution >= 4 is 0 Å². The molecule has 0 amide bonds. The quantitative estimate of drug-likeness (QED) is 0.545. The zero-order chi connectivity index (χ0) is 6.85. The summed E-state index contributed by atoms with van der Waals surface area (Å²) in [5, 5.41) is 0. The van der Waals surface area contributed by atoms with Gasteiger partial charge in [0.2, 0.25) is 0 Å². The van der Waals surface area contributed by atoms with Gasteiger partial charge in [0, 0.05) is 0 Å². The van der Waals surface area contributed by atoms with Crippen molar-refractivity contribution in [1.82, 2.24) is 0 Å². The van der Waals surface area contributed by atoms with E-state index in [4.69, 9.17) is 0 Å². The van der Waals surface area contributed by atoms with E-state index >= 15 is 0 Å². The molecule has 0 spiro atoms. The van der Waals surface area contributed by atoms with E-state index in [0.29, 0.717) is 0 Å². The lowest BCUT2D eigenvalue weighted by molar-refractivity contribution is 0.414. The van der Waals surface area contributed by atoms with Gasteiger partial charge in [-0.05, 0) is 24.2 Å². The highest BCUT2D eigenvalue weighted by Gasteiger charge is 2.37. The molecule has 2 atom stereocenters. The Morgan fingerprint density at radius 1 is 1.33 bits per heavy atom. The zero-order valence-electron chi connectivity index (χ0n) is 6.85. The Hall–Kier alpha value is 0. The van der Waals surface area contributed by atoms with Crippen LogP contribution in [0.1, 0.15) is 40.0 Å². The van der Waals surface area contributed by atoms with Crippen molar-refractivity contribution in [2.45, 2.75) is 40.0 Å². The predicted molar refractivity (Wildman–Crippen MR) is 41.3 cm³/mol. The molecule has 0 heteroatoms. The zero-order valence-corrected chi connectivity index (χ0v) is 6.85. The summed E-state index contributed by atoms with van der Waals surface area (Å²) in [5.41, 5.74) is 0. The van der Waals surface area contributed by atoms with Crippen LogP contribution in [-0.2, 0) is 0 Å². The summed E-state index contributed by atoms with van der Waals surface area (Å²) in [6, 6.07) is 0. The Labute approximate surface area is 58.7 Å². The number of rotatable bonds is 3. The molecule has 0 aromatic carbocycles. The molecule has 9 heavy (non-hydrogen) atoms. The second-order valence-electron chi connectivity index (χ2n) is 3.45. The second-order valence-corrected chi connectivity index (χ2v) is 3.45. The smallest absolute Gasteiger partial charge is 0.0358 e. The van der Waals surface area contributed by atoms with Gasteiger partial charge in [0.05, 0.1) is 0 Å². The van der Waals surface area contributed by atoms with Gasteiger partial charge in [-0.1, -0.05) is 33.6 Å². The highest BCUT2D eigenvalue weighted by Crippen LogP contribution is 2.46. The van der Waals surface area contributed by atoms with Crippen LogP contribution in [0.15, 0.2) is 0 Å². The van der Waals surface area contributed by atoms with E-state index < -0.39 is 0 Å². The van der Waals surface area contributed by atoms with Crippen LogP contribution >= 0.6 is 0 Å². The van der Waals surface area contributed by atoms with E-state index in [1.165, 1.54) is 19.3 Å². The average molecular weight is 126 g/mol. The maximum absolute atomic E-state index is 2.38. The van der Waals surface area contributed by atoms with Crippen LogP contribution in [0.3, 0.4) is 0 Å². The Kier molecular flexibility index (Phi) is 2.15. The lowest BCUT2D eigenvalue weighted by Crippen LogP contribution is -1.99. The van der Waals surface area contributed by atoms with E-state index in [9.17, 15) is 0 Å². The first-order valence-electron chi connectivity index (χ1n) is 4.29. The van der Waals surface area contributed by atoms with Crippen LogP contribution in [0.2, 0.25) is 0 Å². The molecule has 1 rings (SSSR count). The molecule has 1 fully saturated rings. The Morgan fingerprint density at radius 3 is 1.89 bits per heavy atom. The normalized spacial score (nSPS) is 33.3. The minimum absolute atomic E-state index is 1.04. The first-order chi connectivity index (χ1) is 4.29. The second kappa shape index (κ2) is 2.72. The molecular weight excluding hydrogens is 108 g/mol. The monoisotopic (exact) mass is 126 g/mol. The first kappa shape index (κ1) is 7.11. The molecule has 0 radical (unpaired) electrons. The van der Waals surface area contributed by atoms with Gasteiger partial charge < -0.3 is 0 Å². The van der Waals surface area contributed by atoms with Gasteiger partial charge in [-0.3, -0.25) is 0 Å². The molecule has 0 bridgehead atoms. The van der Waals surface area contributed by atoms with Gasteiger partial charge in [0.15, 0.2) is 0 Å². The molecule has 0 N–H and O–H groups in total. The molecule has 0 saturated heterocycles. The van der Waals surface area contributed by atoms with Crippen molar-refractivity contribution in [3.8, 4) is 0 Å². The van der Waals surface area contributed by atoms with Crippen LogP contribution in [0.4, 0.5) is 0 Å². The first-order valence-corrected chi connectivity index (χ1v) is 4.29. The highest BCUT2D eigenvalue weighted by atomic mass is 14.4. The molecule has 1 saturated carbocycles. The van der Waals surface area contributed by atoms with E-state index in [-0.39, 0.29) is 0 Å². The van der Waals surface area contributed by atoms with E-state index in [1.807, 2.05) is 0 Å². The fourth-order valence-corrected chi connectivity index (χ4v) is 1.90. The van der Waals surface area contributed by atoms with Crippen LogP contribution in [0, 0.1) is 17.8 Å². The number of hydrogen-bond donors (Lipinski definition) is 0. The summed E-state index contributed by atoms with van der Waals surface area (Å²) >= 11 is 0. The van der Waals surface area contributed by atoms with Crippen molar-refractivity contribution in [3.05, 3.63) is 0 Å².